The monoisotopic (exact) mass is 174 g/mol. The first kappa shape index (κ1) is 8.23. The minimum absolute atomic E-state index is 0.205. The van der Waals surface area contributed by atoms with Crippen molar-refractivity contribution in [3.05, 3.63) is 27.1 Å². The Kier molecular flexibility index (Phi) is 2.26. The van der Waals surface area contributed by atoms with Gasteiger partial charge in [0.2, 0.25) is 0 Å². The van der Waals surface area contributed by atoms with E-state index in [9.17, 15) is 4.79 Å². The van der Waals surface area contributed by atoms with Gasteiger partial charge in [-0.15, -0.1) is 0 Å². The van der Waals surface area contributed by atoms with Gasteiger partial charge in [-0.2, -0.15) is 5.10 Å². The first-order valence-electron chi connectivity index (χ1n) is 3.00. The van der Waals surface area contributed by atoms with Gasteiger partial charge in [-0.3, -0.25) is 4.79 Å². The zero-order valence-corrected chi connectivity index (χ0v) is 6.67. The minimum atomic E-state index is -0.444. The van der Waals surface area contributed by atoms with Crippen LogP contribution in [0.3, 0.4) is 0 Å². The lowest BCUT2D eigenvalue weighted by Crippen LogP contribution is -2.24. The Morgan fingerprint density at radius 3 is 3.00 bits per heavy atom. The van der Waals surface area contributed by atoms with Crippen LogP contribution in [0.5, 0.6) is 0 Å². The fraction of sp³-hybridized carbons (Fsp3) is 0.333. The molecule has 0 unspecified atom stereocenters. The Morgan fingerprint density at radius 2 is 2.45 bits per heavy atom. The lowest BCUT2D eigenvalue weighted by molar-refractivity contribution is 0.188. The summed E-state index contributed by atoms with van der Waals surface area (Å²) in [7, 11) is 0. The number of nitrogens with zero attached hydrogens (tertiary/aromatic N) is 2. The van der Waals surface area contributed by atoms with E-state index < -0.39 is 6.73 Å². The molecule has 5 heteroatoms. The maximum Gasteiger partial charge on any atom is 0.271 e. The van der Waals surface area contributed by atoms with Gasteiger partial charge in [0.05, 0.1) is 0 Å². The molecular weight excluding hydrogens is 168 g/mol. The largest absolute Gasteiger partial charge is 0.374 e. The fourth-order valence-electron chi connectivity index (χ4n) is 0.729. The highest BCUT2D eigenvalue weighted by Gasteiger charge is 2.00. The van der Waals surface area contributed by atoms with Gasteiger partial charge >= 0.3 is 0 Å². The zero-order valence-electron chi connectivity index (χ0n) is 5.91. The molecule has 0 aliphatic carbocycles. The summed E-state index contributed by atoms with van der Waals surface area (Å²) in [4.78, 5) is 11.0. The Bertz CT molecular complexity index is 321. The van der Waals surface area contributed by atoms with E-state index in [2.05, 4.69) is 5.10 Å². The molecule has 1 N–H and O–H groups in total. The quantitative estimate of drug-likeness (QED) is 0.660. The lowest BCUT2D eigenvalue weighted by atomic mass is 10.3. The van der Waals surface area contributed by atoms with Gasteiger partial charge < -0.3 is 5.11 Å². The second-order valence-corrected chi connectivity index (χ2v) is 2.48. The van der Waals surface area contributed by atoms with Crippen molar-refractivity contribution in [2.24, 2.45) is 0 Å². The van der Waals surface area contributed by atoms with Crippen LogP contribution in [0.25, 0.3) is 0 Å². The number of rotatable bonds is 1. The molecule has 0 aromatic carbocycles. The van der Waals surface area contributed by atoms with Gasteiger partial charge in [0, 0.05) is 5.56 Å². The molecular formula is C6H7ClN2O2. The van der Waals surface area contributed by atoms with Gasteiger partial charge in [-0.05, 0) is 13.0 Å². The third kappa shape index (κ3) is 1.58. The molecule has 1 rings (SSSR count). The van der Waals surface area contributed by atoms with Crippen molar-refractivity contribution in [3.8, 4) is 0 Å². The van der Waals surface area contributed by atoms with Gasteiger partial charge in [0.25, 0.3) is 5.56 Å². The van der Waals surface area contributed by atoms with Crippen molar-refractivity contribution >= 4 is 11.6 Å². The number of aliphatic hydroxyl groups excluding tert-OH is 1. The number of aliphatic hydroxyl groups is 1. The predicted molar refractivity (Wildman–Crippen MR) is 40.5 cm³/mol. The summed E-state index contributed by atoms with van der Waals surface area (Å²) >= 11 is 5.52. The summed E-state index contributed by atoms with van der Waals surface area (Å²) in [6.45, 7) is 1.17. The molecule has 0 spiro atoms. The van der Waals surface area contributed by atoms with Crippen molar-refractivity contribution in [3.63, 3.8) is 0 Å². The van der Waals surface area contributed by atoms with Crippen molar-refractivity contribution in [2.45, 2.75) is 13.7 Å². The second kappa shape index (κ2) is 3.02. The molecule has 0 amide bonds. The molecule has 4 nitrogen and oxygen atoms in total. The van der Waals surface area contributed by atoms with E-state index in [-0.39, 0.29) is 10.7 Å². The van der Waals surface area contributed by atoms with Gasteiger partial charge in [-0.1, -0.05) is 11.6 Å². The Morgan fingerprint density at radius 1 is 1.82 bits per heavy atom. The number of hydrogen-bond donors (Lipinski definition) is 1. The number of hydrogen-bond acceptors (Lipinski definition) is 3. The number of aromatic nitrogens is 2. The van der Waals surface area contributed by atoms with Crippen LogP contribution < -0.4 is 5.56 Å². The molecule has 1 aromatic heterocycles. The van der Waals surface area contributed by atoms with Crippen LogP contribution in [0.2, 0.25) is 5.15 Å². The van der Waals surface area contributed by atoms with Crippen LogP contribution in [0.4, 0.5) is 0 Å². The minimum Gasteiger partial charge on any atom is -0.374 e. The molecule has 0 atom stereocenters. The van der Waals surface area contributed by atoms with Crippen LogP contribution in [0.1, 0.15) is 5.56 Å². The third-order valence-corrected chi connectivity index (χ3v) is 1.44. The molecule has 0 bridgehead atoms. The summed E-state index contributed by atoms with van der Waals surface area (Å²) in [5, 5.41) is 12.4. The fourth-order valence-corrected chi connectivity index (χ4v) is 0.984. The lowest BCUT2D eigenvalue weighted by Gasteiger charge is -2.00. The van der Waals surface area contributed by atoms with Crippen LogP contribution in [-0.2, 0) is 6.73 Å². The maximum absolute atomic E-state index is 11.0. The molecule has 11 heavy (non-hydrogen) atoms. The number of aryl methyl sites for hydroxylation is 1. The average molecular weight is 175 g/mol. The van der Waals surface area contributed by atoms with E-state index in [1.165, 1.54) is 6.07 Å². The zero-order chi connectivity index (χ0) is 8.43. The predicted octanol–water partition coefficient (Wildman–Crippen LogP) is 0.155. The van der Waals surface area contributed by atoms with Crippen LogP contribution >= 0.6 is 11.6 Å². The normalized spacial score (nSPS) is 10.1. The summed E-state index contributed by atoms with van der Waals surface area (Å²) in [5.74, 6) is 0. The molecule has 0 saturated carbocycles. The first-order valence-corrected chi connectivity index (χ1v) is 3.38. The summed E-state index contributed by atoms with van der Waals surface area (Å²) in [5.41, 5.74) is 0.149. The van der Waals surface area contributed by atoms with E-state index in [4.69, 9.17) is 16.7 Å². The van der Waals surface area contributed by atoms with E-state index >= 15 is 0 Å². The highest BCUT2D eigenvalue weighted by atomic mass is 35.5. The van der Waals surface area contributed by atoms with Gasteiger partial charge in [0.15, 0.2) is 0 Å². The highest BCUT2D eigenvalue weighted by Crippen LogP contribution is 2.01. The SMILES string of the molecule is Cc1cc(Cl)nn(CO)c1=O. The molecule has 60 valence electrons. The van der Waals surface area contributed by atoms with Gasteiger partial charge in [0.1, 0.15) is 11.9 Å². The first-order chi connectivity index (χ1) is 5.15. The highest BCUT2D eigenvalue weighted by molar-refractivity contribution is 6.29. The second-order valence-electron chi connectivity index (χ2n) is 2.10. The van der Waals surface area contributed by atoms with Crippen molar-refractivity contribution in [2.75, 3.05) is 0 Å². The summed E-state index contributed by atoms with van der Waals surface area (Å²) in [6.07, 6.45) is 0. The third-order valence-electron chi connectivity index (χ3n) is 1.26. The van der Waals surface area contributed by atoms with Crippen molar-refractivity contribution in [1.29, 1.82) is 0 Å². The molecule has 0 radical (unpaired) electrons. The summed E-state index contributed by atoms with van der Waals surface area (Å²) in [6, 6.07) is 1.45. The van der Waals surface area contributed by atoms with Crippen molar-refractivity contribution < 1.29 is 5.11 Å². The molecule has 0 fully saturated rings. The standard InChI is InChI=1S/C6H7ClN2O2/c1-4-2-5(7)8-9(3-10)6(4)11/h2,10H,3H2,1H3. The number of halogens is 1. The van der Waals surface area contributed by atoms with E-state index in [1.807, 2.05) is 0 Å². The Labute approximate surface area is 68.0 Å². The Balaban J connectivity index is 3.37. The summed E-state index contributed by atoms with van der Waals surface area (Å²) < 4.78 is 0.900. The molecule has 0 aliphatic rings. The maximum atomic E-state index is 11.0. The smallest absolute Gasteiger partial charge is 0.271 e. The van der Waals surface area contributed by atoms with Gasteiger partial charge in [-0.25, -0.2) is 4.68 Å². The van der Waals surface area contributed by atoms with Crippen LogP contribution in [0.15, 0.2) is 10.9 Å². The molecule has 1 aromatic rings. The van der Waals surface area contributed by atoms with E-state index in [1.54, 1.807) is 6.92 Å². The molecule has 0 saturated heterocycles. The van der Waals surface area contributed by atoms with Crippen LogP contribution in [0, 0.1) is 6.92 Å². The topological polar surface area (TPSA) is 55.1 Å². The van der Waals surface area contributed by atoms with E-state index in [0.717, 1.165) is 4.68 Å². The molecule has 1 heterocycles. The molecule has 0 aliphatic heterocycles. The van der Waals surface area contributed by atoms with Crippen LogP contribution in [-0.4, -0.2) is 14.9 Å². The van der Waals surface area contributed by atoms with Crippen molar-refractivity contribution in [1.82, 2.24) is 9.78 Å². The Hall–Kier alpha value is -0.870. The average Bonchev–Trinajstić information content (AvgIpc) is 1.96. The van der Waals surface area contributed by atoms with E-state index in [0.29, 0.717) is 5.56 Å².